The Bertz CT molecular complexity index is 482. The Labute approximate surface area is 119 Å². The van der Waals surface area contributed by atoms with Crippen LogP contribution in [0.2, 0.25) is 0 Å². The lowest BCUT2D eigenvalue weighted by Crippen LogP contribution is -2.40. The highest BCUT2D eigenvalue weighted by Gasteiger charge is 2.25. The smallest absolute Gasteiger partial charge is 0.256 e. The fourth-order valence-electron chi connectivity index (χ4n) is 2.71. The summed E-state index contributed by atoms with van der Waals surface area (Å²) in [5.41, 5.74) is 5.95. The number of nitrogen functional groups attached to an aromatic ring is 1. The Morgan fingerprint density at radius 2 is 2.05 bits per heavy atom. The molecule has 1 aliphatic heterocycles. The van der Waals surface area contributed by atoms with Crippen molar-refractivity contribution >= 4 is 11.6 Å². The van der Waals surface area contributed by atoms with Crippen LogP contribution >= 0.6 is 0 Å². The van der Waals surface area contributed by atoms with Crippen molar-refractivity contribution in [2.24, 2.45) is 5.92 Å². The van der Waals surface area contributed by atoms with E-state index in [-0.39, 0.29) is 11.5 Å². The second-order valence-corrected chi connectivity index (χ2v) is 5.74. The number of anilines is 1. The monoisotopic (exact) mass is 279 g/mol. The summed E-state index contributed by atoms with van der Waals surface area (Å²) < 4.78 is 13.8. The van der Waals surface area contributed by atoms with Crippen molar-refractivity contribution in [1.82, 2.24) is 9.80 Å². The molecule has 2 N–H and O–H groups in total. The molecule has 1 amide bonds. The number of benzene rings is 1. The van der Waals surface area contributed by atoms with Gasteiger partial charge in [-0.15, -0.1) is 0 Å². The minimum absolute atomic E-state index is 0.116. The Hall–Kier alpha value is -1.62. The number of carbonyl (C=O) groups excluding carboxylic acids is 1. The van der Waals surface area contributed by atoms with Crippen LogP contribution in [0.1, 0.15) is 23.2 Å². The van der Waals surface area contributed by atoms with Crippen molar-refractivity contribution in [3.8, 4) is 0 Å². The third-order valence-corrected chi connectivity index (χ3v) is 3.75. The van der Waals surface area contributed by atoms with Gasteiger partial charge in [0.05, 0.1) is 5.56 Å². The van der Waals surface area contributed by atoms with Crippen LogP contribution in [0.4, 0.5) is 10.1 Å². The zero-order chi connectivity index (χ0) is 14.7. The molecule has 4 nitrogen and oxygen atoms in total. The van der Waals surface area contributed by atoms with Gasteiger partial charge in [-0.25, -0.2) is 4.39 Å². The van der Waals surface area contributed by atoms with Crippen molar-refractivity contribution in [2.75, 3.05) is 39.5 Å². The summed E-state index contributed by atoms with van der Waals surface area (Å²) in [4.78, 5) is 16.2. The first-order chi connectivity index (χ1) is 9.47. The van der Waals surface area contributed by atoms with Crippen LogP contribution in [0.25, 0.3) is 0 Å². The largest absolute Gasteiger partial charge is 0.399 e. The third kappa shape index (κ3) is 3.48. The molecule has 0 radical (unpaired) electrons. The van der Waals surface area contributed by atoms with Gasteiger partial charge in [0.1, 0.15) is 5.82 Å². The summed E-state index contributed by atoms with van der Waals surface area (Å²) in [6.45, 7) is 2.43. The molecular formula is C15H22FN3O. The molecule has 0 aliphatic carbocycles. The number of carbonyl (C=O) groups is 1. The molecule has 5 heteroatoms. The highest BCUT2D eigenvalue weighted by atomic mass is 19.1. The van der Waals surface area contributed by atoms with Gasteiger partial charge in [0.25, 0.3) is 5.91 Å². The fraction of sp³-hybridized carbons (Fsp3) is 0.533. The molecule has 0 bridgehead atoms. The van der Waals surface area contributed by atoms with E-state index < -0.39 is 5.82 Å². The summed E-state index contributed by atoms with van der Waals surface area (Å²) in [5.74, 6) is -0.151. The summed E-state index contributed by atoms with van der Waals surface area (Å²) in [7, 11) is 4.11. The number of hydrogen-bond acceptors (Lipinski definition) is 3. The molecule has 1 fully saturated rings. The van der Waals surface area contributed by atoms with Gasteiger partial charge >= 0.3 is 0 Å². The molecule has 1 heterocycles. The van der Waals surface area contributed by atoms with E-state index in [9.17, 15) is 9.18 Å². The van der Waals surface area contributed by atoms with Crippen molar-refractivity contribution in [2.45, 2.75) is 12.8 Å². The van der Waals surface area contributed by atoms with Crippen LogP contribution in [0.5, 0.6) is 0 Å². The molecule has 110 valence electrons. The molecule has 1 aromatic carbocycles. The Balaban J connectivity index is 1.98. The average Bonchev–Trinajstić information content (AvgIpc) is 2.38. The maximum atomic E-state index is 13.8. The number of amides is 1. The van der Waals surface area contributed by atoms with Crippen molar-refractivity contribution in [3.05, 3.63) is 29.6 Å². The van der Waals surface area contributed by atoms with E-state index in [0.717, 1.165) is 19.4 Å². The number of nitrogens with two attached hydrogens (primary N) is 1. The molecule has 1 saturated heterocycles. The van der Waals surface area contributed by atoms with Crippen molar-refractivity contribution in [3.63, 3.8) is 0 Å². The van der Waals surface area contributed by atoms with Crippen molar-refractivity contribution in [1.29, 1.82) is 0 Å². The lowest BCUT2D eigenvalue weighted by atomic mass is 9.96. The van der Waals surface area contributed by atoms with Crippen LogP contribution in [-0.2, 0) is 0 Å². The van der Waals surface area contributed by atoms with Gasteiger partial charge in [-0.3, -0.25) is 4.79 Å². The van der Waals surface area contributed by atoms with E-state index in [1.165, 1.54) is 12.1 Å². The second kappa shape index (κ2) is 6.22. The second-order valence-electron chi connectivity index (χ2n) is 5.74. The normalized spacial score (nSPS) is 16.7. The van der Waals surface area contributed by atoms with Gasteiger partial charge in [0.2, 0.25) is 0 Å². The predicted octanol–water partition coefficient (Wildman–Crippen LogP) is 1.82. The lowest BCUT2D eigenvalue weighted by molar-refractivity contribution is 0.0673. The SMILES string of the molecule is CN(C)CC1CCN(C(=O)c2ccc(N)cc2F)CC1. The molecule has 0 saturated carbocycles. The minimum atomic E-state index is -0.537. The van der Waals surface area contributed by atoms with Crippen LogP contribution in [0.3, 0.4) is 0 Å². The first-order valence-corrected chi connectivity index (χ1v) is 6.96. The van der Waals surface area contributed by atoms with Crippen LogP contribution < -0.4 is 5.73 Å². The molecular weight excluding hydrogens is 257 g/mol. The number of rotatable bonds is 3. The van der Waals surface area contributed by atoms with Gasteiger partial charge in [0.15, 0.2) is 0 Å². The molecule has 20 heavy (non-hydrogen) atoms. The Morgan fingerprint density at radius 3 is 2.60 bits per heavy atom. The van der Waals surface area contributed by atoms with Crippen LogP contribution in [0.15, 0.2) is 18.2 Å². The first kappa shape index (κ1) is 14.8. The Morgan fingerprint density at radius 1 is 1.40 bits per heavy atom. The van der Waals surface area contributed by atoms with E-state index in [0.29, 0.717) is 24.7 Å². The van der Waals surface area contributed by atoms with E-state index in [1.54, 1.807) is 11.0 Å². The van der Waals surface area contributed by atoms with Gasteiger partial charge in [-0.2, -0.15) is 0 Å². The van der Waals surface area contributed by atoms with Crippen LogP contribution in [-0.4, -0.2) is 49.4 Å². The van der Waals surface area contributed by atoms with Gasteiger partial charge in [-0.1, -0.05) is 0 Å². The summed E-state index contributed by atoms with van der Waals surface area (Å²) >= 11 is 0. The van der Waals surface area contributed by atoms with E-state index in [2.05, 4.69) is 19.0 Å². The van der Waals surface area contributed by atoms with Gasteiger partial charge < -0.3 is 15.5 Å². The zero-order valence-electron chi connectivity index (χ0n) is 12.1. The third-order valence-electron chi connectivity index (χ3n) is 3.75. The first-order valence-electron chi connectivity index (χ1n) is 6.96. The van der Waals surface area contributed by atoms with E-state index >= 15 is 0 Å². The van der Waals surface area contributed by atoms with Gasteiger partial charge in [0, 0.05) is 25.3 Å². The minimum Gasteiger partial charge on any atom is -0.399 e. The number of piperidine rings is 1. The zero-order valence-corrected chi connectivity index (χ0v) is 12.1. The van der Waals surface area contributed by atoms with E-state index in [1.807, 2.05) is 0 Å². The topological polar surface area (TPSA) is 49.6 Å². The molecule has 2 rings (SSSR count). The maximum absolute atomic E-state index is 13.8. The summed E-state index contributed by atoms with van der Waals surface area (Å²) in [6.07, 6.45) is 1.95. The maximum Gasteiger partial charge on any atom is 0.256 e. The predicted molar refractivity (Wildman–Crippen MR) is 78.0 cm³/mol. The van der Waals surface area contributed by atoms with Gasteiger partial charge in [-0.05, 0) is 51.1 Å². The lowest BCUT2D eigenvalue weighted by Gasteiger charge is -2.33. The molecule has 0 unspecified atom stereocenters. The molecule has 0 aromatic heterocycles. The quantitative estimate of drug-likeness (QED) is 0.859. The average molecular weight is 279 g/mol. The highest BCUT2D eigenvalue weighted by Crippen LogP contribution is 2.21. The Kier molecular flexibility index (Phi) is 4.60. The fourth-order valence-corrected chi connectivity index (χ4v) is 2.71. The molecule has 0 atom stereocenters. The standard InChI is InChI=1S/C15H22FN3O/c1-18(2)10-11-5-7-19(8-6-11)15(20)13-4-3-12(17)9-14(13)16/h3-4,9,11H,5-8,10,17H2,1-2H3. The number of likely N-dealkylation sites (tertiary alicyclic amines) is 1. The number of halogens is 1. The highest BCUT2D eigenvalue weighted by molar-refractivity contribution is 5.94. The van der Waals surface area contributed by atoms with Crippen molar-refractivity contribution < 1.29 is 9.18 Å². The summed E-state index contributed by atoms with van der Waals surface area (Å²) in [5, 5.41) is 0. The molecule has 1 aromatic rings. The number of nitrogens with zero attached hydrogens (tertiary/aromatic N) is 2. The summed E-state index contributed by atoms with van der Waals surface area (Å²) in [6, 6.07) is 4.24. The molecule has 1 aliphatic rings. The molecule has 0 spiro atoms. The number of hydrogen-bond donors (Lipinski definition) is 1. The van der Waals surface area contributed by atoms with Crippen LogP contribution in [0, 0.1) is 11.7 Å². The van der Waals surface area contributed by atoms with E-state index in [4.69, 9.17) is 5.73 Å².